The lowest BCUT2D eigenvalue weighted by Crippen LogP contribution is -2.27. The number of hydrogen-bond donors (Lipinski definition) is 1. The van der Waals surface area contributed by atoms with Crippen molar-refractivity contribution in [2.24, 2.45) is 5.92 Å². The standard InChI is InChI=1S/C18H24N4O/c1-14-6-15(9-21-14)12-22(2)17-7-16(8-20-10-17)13-23-18-4-3-5-19-11-18/h3-5,7-8,10-11,14-15,21H,6,9,12-13H2,1-2H3. The van der Waals surface area contributed by atoms with Gasteiger partial charge in [0.05, 0.1) is 18.1 Å². The Kier molecular flexibility index (Phi) is 5.08. The summed E-state index contributed by atoms with van der Waals surface area (Å²) in [6, 6.07) is 6.56. The van der Waals surface area contributed by atoms with Gasteiger partial charge in [0.2, 0.25) is 0 Å². The van der Waals surface area contributed by atoms with Gasteiger partial charge in [-0.15, -0.1) is 0 Å². The van der Waals surface area contributed by atoms with Crippen LogP contribution in [0.25, 0.3) is 0 Å². The van der Waals surface area contributed by atoms with E-state index in [1.165, 1.54) is 6.42 Å². The number of rotatable bonds is 6. The molecule has 0 aliphatic carbocycles. The van der Waals surface area contributed by atoms with E-state index in [0.29, 0.717) is 18.6 Å². The molecule has 3 heterocycles. The van der Waals surface area contributed by atoms with E-state index in [4.69, 9.17) is 4.74 Å². The van der Waals surface area contributed by atoms with E-state index in [-0.39, 0.29) is 0 Å². The topological polar surface area (TPSA) is 50.3 Å². The van der Waals surface area contributed by atoms with Crippen LogP contribution in [-0.2, 0) is 6.61 Å². The van der Waals surface area contributed by atoms with E-state index in [1.54, 1.807) is 12.4 Å². The van der Waals surface area contributed by atoms with Crippen molar-refractivity contribution in [2.75, 3.05) is 25.0 Å². The number of hydrogen-bond acceptors (Lipinski definition) is 5. The molecule has 3 rings (SSSR count). The molecule has 2 aromatic rings. The Balaban J connectivity index is 1.58. The van der Waals surface area contributed by atoms with E-state index in [1.807, 2.05) is 24.5 Å². The van der Waals surface area contributed by atoms with Crippen molar-refractivity contribution in [2.45, 2.75) is 26.0 Å². The van der Waals surface area contributed by atoms with Crippen molar-refractivity contribution in [3.63, 3.8) is 0 Å². The van der Waals surface area contributed by atoms with Gasteiger partial charge in [-0.1, -0.05) is 0 Å². The van der Waals surface area contributed by atoms with Gasteiger partial charge in [-0.2, -0.15) is 0 Å². The molecule has 1 N–H and O–H groups in total. The van der Waals surface area contributed by atoms with Crippen molar-refractivity contribution >= 4 is 5.69 Å². The van der Waals surface area contributed by atoms with Crippen LogP contribution in [0.3, 0.4) is 0 Å². The first-order valence-electron chi connectivity index (χ1n) is 8.12. The number of aromatic nitrogens is 2. The minimum absolute atomic E-state index is 0.502. The number of nitrogens with one attached hydrogen (secondary N) is 1. The second kappa shape index (κ2) is 7.42. The summed E-state index contributed by atoms with van der Waals surface area (Å²) in [7, 11) is 2.13. The third-order valence-electron chi connectivity index (χ3n) is 4.24. The summed E-state index contributed by atoms with van der Waals surface area (Å²) < 4.78 is 5.74. The van der Waals surface area contributed by atoms with Crippen molar-refractivity contribution in [3.05, 3.63) is 48.5 Å². The third kappa shape index (κ3) is 4.42. The van der Waals surface area contributed by atoms with Crippen LogP contribution >= 0.6 is 0 Å². The molecular weight excluding hydrogens is 288 g/mol. The van der Waals surface area contributed by atoms with E-state index < -0.39 is 0 Å². The van der Waals surface area contributed by atoms with Crippen LogP contribution in [0, 0.1) is 5.92 Å². The smallest absolute Gasteiger partial charge is 0.138 e. The molecule has 2 aromatic heterocycles. The monoisotopic (exact) mass is 312 g/mol. The van der Waals surface area contributed by atoms with Gasteiger partial charge >= 0.3 is 0 Å². The maximum atomic E-state index is 5.74. The predicted octanol–water partition coefficient (Wildman–Crippen LogP) is 2.49. The summed E-state index contributed by atoms with van der Waals surface area (Å²) in [5.74, 6) is 1.47. The number of nitrogens with zero attached hydrogens (tertiary/aromatic N) is 3. The van der Waals surface area contributed by atoms with E-state index >= 15 is 0 Å². The summed E-state index contributed by atoms with van der Waals surface area (Å²) in [6.07, 6.45) is 8.47. The molecule has 122 valence electrons. The second-order valence-electron chi connectivity index (χ2n) is 6.32. The number of ether oxygens (including phenoxy) is 1. The molecule has 2 atom stereocenters. The number of pyridine rings is 2. The molecule has 2 unspecified atom stereocenters. The molecule has 1 saturated heterocycles. The highest BCUT2D eigenvalue weighted by atomic mass is 16.5. The zero-order valence-corrected chi connectivity index (χ0v) is 13.8. The van der Waals surface area contributed by atoms with Gasteiger partial charge in [-0.05, 0) is 44.0 Å². The predicted molar refractivity (Wildman–Crippen MR) is 91.6 cm³/mol. The largest absolute Gasteiger partial charge is 0.487 e. The Labute approximate surface area is 137 Å². The lowest BCUT2D eigenvalue weighted by atomic mass is 10.1. The maximum Gasteiger partial charge on any atom is 0.138 e. The molecule has 5 nitrogen and oxygen atoms in total. The van der Waals surface area contributed by atoms with Crippen LogP contribution in [-0.4, -0.2) is 36.1 Å². The van der Waals surface area contributed by atoms with Crippen molar-refractivity contribution in [1.82, 2.24) is 15.3 Å². The quantitative estimate of drug-likeness (QED) is 0.888. The molecule has 0 bridgehead atoms. The first-order valence-corrected chi connectivity index (χ1v) is 8.12. The third-order valence-corrected chi connectivity index (χ3v) is 4.24. The highest BCUT2D eigenvalue weighted by Gasteiger charge is 2.22. The van der Waals surface area contributed by atoms with Gasteiger partial charge < -0.3 is 15.0 Å². The zero-order chi connectivity index (χ0) is 16.1. The Bertz CT molecular complexity index is 619. The molecule has 5 heteroatoms. The minimum Gasteiger partial charge on any atom is -0.487 e. The molecule has 1 aliphatic heterocycles. The van der Waals surface area contributed by atoms with Gasteiger partial charge in [-0.3, -0.25) is 9.97 Å². The van der Waals surface area contributed by atoms with Gasteiger partial charge in [-0.25, -0.2) is 0 Å². The molecule has 1 fully saturated rings. The Morgan fingerprint density at radius 1 is 1.30 bits per heavy atom. The Morgan fingerprint density at radius 2 is 2.22 bits per heavy atom. The van der Waals surface area contributed by atoms with Crippen molar-refractivity contribution in [1.29, 1.82) is 0 Å². The molecular formula is C18H24N4O. The highest BCUT2D eigenvalue weighted by molar-refractivity contribution is 5.45. The van der Waals surface area contributed by atoms with Gasteiger partial charge in [0.25, 0.3) is 0 Å². The normalized spacial score (nSPS) is 20.4. The van der Waals surface area contributed by atoms with Gasteiger partial charge in [0.15, 0.2) is 0 Å². The van der Waals surface area contributed by atoms with Crippen LogP contribution in [0.1, 0.15) is 18.9 Å². The fraction of sp³-hybridized carbons (Fsp3) is 0.444. The molecule has 0 radical (unpaired) electrons. The first-order chi connectivity index (χ1) is 11.2. The molecule has 23 heavy (non-hydrogen) atoms. The fourth-order valence-corrected chi connectivity index (χ4v) is 3.03. The fourth-order valence-electron chi connectivity index (χ4n) is 3.03. The SMILES string of the molecule is CC1CC(CN(C)c2cncc(COc3cccnc3)c2)CN1. The Morgan fingerprint density at radius 3 is 2.96 bits per heavy atom. The molecule has 0 amide bonds. The van der Waals surface area contributed by atoms with Crippen molar-refractivity contribution in [3.8, 4) is 5.75 Å². The Hall–Kier alpha value is -2.14. The van der Waals surface area contributed by atoms with E-state index in [0.717, 1.165) is 30.1 Å². The molecule has 0 spiro atoms. The van der Waals surface area contributed by atoms with Gasteiger partial charge in [0, 0.05) is 37.6 Å². The lowest BCUT2D eigenvalue weighted by molar-refractivity contribution is 0.304. The summed E-state index contributed by atoms with van der Waals surface area (Å²) in [5, 5.41) is 3.51. The summed E-state index contributed by atoms with van der Waals surface area (Å²) in [4.78, 5) is 10.7. The van der Waals surface area contributed by atoms with E-state index in [9.17, 15) is 0 Å². The maximum absolute atomic E-state index is 5.74. The van der Waals surface area contributed by atoms with Crippen LogP contribution in [0.4, 0.5) is 5.69 Å². The summed E-state index contributed by atoms with van der Waals surface area (Å²) in [5.41, 5.74) is 2.20. The number of anilines is 1. The molecule has 0 saturated carbocycles. The second-order valence-corrected chi connectivity index (χ2v) is 6.32. The van der Waals surface area contributed by atoms with Crippen LogP contribution < -0.4 is 15.0 Å². The summed E-state index contributed by atoms with van der Waals surface area (Å²) >= 11 is 0. The first kappa shape index (κ1) is 15.7. The van der Waals surface area contributed by atoms with Crippen molar-refractivity contribution < 1.29 is 4.74 Å². The van der Waals surface area contributed by atoms with Crippen LogP contribution in [0.15, 0.2) is 43.0 Å². The average Bonchev–Trinajstić information content (AvgIpc) is 2.99. The van der Waals surface area contributed by atoms with Crippen LogP contribution in [0.5, 0.6) is 5.75 Å². The lowest BCUT2D eigenvalue weighted by Gasteiger charge is -2.23. The average molecular weight is 312 g/mol. The molecule has 1 aliphatic rings. The van der Waals surface area contributed by atoms with Crippen LogP contribution in [0.2, 0.25) is 0 Å². The summed E-state index contributed by atoms with van der Waals surface area (Å²) in [6.45, 7) is 4.90. The molecule has 0 aromatic carbocycles. The highest BCUT2D eigenvalue weighted by Crippen LogP contribution is 2.20. The zero-order valence-electron chi connectivity index (χ0n) is 13.8. The van der Waals surface area contributed by atoms with E-state index in [2.05, 4.69) is 40.2 Å². The minimum atomic E-state index is 0.502. The van der Waals surface area contributed by atoms with Gasteiger partial charge in [0.1, 0.15) is 12.4 Å².